The summed E-state index contributed by atoms with van der Waals surface area (Å²) in [5, 5.41) is 13.2. The van der Waals surface area contributed by atoms with Gasteiger partial charge in [-0.05, 0) is 79.4 Å². The van der Waals surface area contributed by atoms with Crippen LogP contribution in [0.25, 0.3) is 0 Å². The summed E-state index contributed by atoms with van der Waals surface area (Å²) in [6.45, 7) is 9.94. The second kappa shape index (κ2) is 13.4. The number of hydrogen-bond donors (Lipinski definition) is 1. The number of alkyl carbamates (subject to hydrolysis) is 1. The Morgan fingerprint density at radius 2 is 1.66 bits per heavy atom. The lowest BCUT2D eigenvalue weighted by Gasteiger charge is -2.40. The summed E-state index contributed by atoms with van der Waals surface area (Å²) in [5.41, 5.74) is -2.13. The van der Waals surface area contributed by atoms with Gasteiger partial charge in [-0.2, -0.15) is 4.40 Å². The van der Waals surface area contributed by atoms with Crippen molar-refractivity contribution in [2.45, 2.75) is 90.9 Å². The zero-order valence-electron chi connectivity index (χ0n) is 24.3. The zero-order chi connectivity index (χ0) is 31.1. The van der Waals surface area contributed by atoms with E-state index in [1.807, 2.05) is 0 Å². The smallest absolute Gasteiger partial charge is 0.408 e. The van der Waals surface area contributed by atoms with E-state index in [1.165, 1.54) is 30.5 Å². The number of hydrogen-bond acceptors (Lipinski definition) is 10. The molecule has 1 aromatic carbocycles. The normalized spacial score (nSPS) is 15.9. The lowest BCUT2D eigenvalue weighted by Crippen LogP contribution is -2.46. The summed E-state index contributed by atoms with van der Waals surface area (Å²) < 4.78 is 44.9. The number of esters is 2. The molecule has 14 heteroatoms. The van der Waals surface area contributed by atoms with Gasteiger partial charge in [-0.3, -0.25) is 10.1 Å². The molecule has 1 amide bonds. The summed E-state index contributed by atoms with van der Waals surface area (Å²) in [5.74, 6) is -1.97. The highest BCUT2D eigenvalue weighted by Gasteiger charge is 2.38. The summed E-state index contributed by atoms with van der Waals surface area (Å²) in [4.78, 5) is 47.5. The molecule has 1 saturated carbocycles. The van der Waals surface area contributed by atoms with Crippen molar-refractivity contribution in [1.29, 1.82) is 0 Å². The maximum Gasteiger partial charge on any atom is 0.408 e. The fourth-order valence-electron chi connectivity index (χ4n) is 3.84. The lowest BCUT2D eigenvalue weighted by molar-refractivity contribution is -0.384. The summed E-state index contributed by atoms with van der Waals surface area (Å²) in [7, 11) is -4.01. The molecule has 2 rings (SSSR count). The van der Waals surface area contributed by atoms with Crippen LogP contribution in [0.15, 0.2) is 28.7 Å². The van der Waals surface area contributed by atoms with Gasteiger partial charge in [0.2, 0.25) is 0 Å². The predicted molar refractivity (Wildman–Crippen MR) is 150 cm³/mol. The number of amides is 1. The SMILES string of the molecule is CC(C)(C)OC(=O)NC(CCS(=O)(=O)/N=C/CC1(COC(=O)c2ccc([N+](=O)[O-])cc2)CCC1)C(=O)OC(C)(C)C. The summed E-state index contributed by atoms with van der Waals surface area (Å²) in [6, 6.07) is 3.77. The van der Waals surface area contributed by atoms with E-state index >= 15 is 0 Å². The van der Waals surface area contributed by atoms with Crippen molar-refractivity contribution in [1.82, 2.24) is 5.32 Å². The third-order valence-corrected chi connectivity index (χ3v) is 7.27. The molecule has 0 heterocycles. The van der Waals surface area contributed by atoms with Crippen molar-refractivity contribution in [3.8, 4) is 0 Å². The van der Waals surface area contributed by atoms with Gasteiger partial charge in [0, 0.05) is 23.8 Å². The zero-order valence-corrected chi connectivity index (χ0v) is 25.1. The van der Waals surface area contributed by atoms with E-state index in [2.05, 4.69) is 9.71 Å². The number of nitrogens with one attached hydrogen (secondary N) is 1. The Hall–Kier alpha value is -3.55. The number of nitro groups is 1. The number of carbonyl (C=O) groups is 3. The molecule has 0 radical (unpaired) electrons. The van der Waals surface area contributed by atoms with Crippen LogP contribution >= 0.6 is 0 Å². The highest BCUT2D eigenvalue weighted by atomic mass is 32.2. The van der Waals surface area contributed by atoms with Gasteiger partial charge in [0.05, 0.1) is 22.8 Å². The van der Waals surface area contributed by atoms with Gasteiger partial charge in [0.15, 0.2) is 0 Å². The van der Waals surface area contributed by atoms with Crippen LogP contribution in [0.4, 0.5) is 10.5 Å². The molecule has 0 aliphatic heterocycles. The van der Waals surface area contributed by atoms with Crippen molar-refractivity contribution in [2.24, 2.45) is 9.81 Å². The minimum Gasteiger partial charge on any atom is -0.461 e. The minimum atomic E-state index is -4.01. The fraction of sp³-hybridized carbons (Fsp3) is 0.630. The Morgan fingerprint density at radius 1 is 1.07 bits per heavy atom. The van der Waals surface area contributed by atoms with E-state index in [-0.39, 0.29) is 30.7 Å². The van der Waals surface area contributed by atoms with Gasteiger partial charge in [0.1, 0.15) is 17.2 Å². The highest BCUT2D eigenvalue weighted by molar-refractivity contribution is 7.90. The van der Waals surface area contributed by atoms with Crippen LogP contribution in [-0.4, -0.2) is 67.2 Å². The monoisotopic (exact) mass is 597 g/mol. The molecule has 13 nitrogen and oxygen atoms in total. The van der Waals surface area contributed by atoms with Gasteiger partial charge in [-0.1, -0.05) is 6.42 Å². The third kappa shape index (κ3) is 11.8. The molecule has 228 valence electrons. The molecule has 1 aromatic rings. The Balaban J connectivity index is 1.98. The molecule has 1 atom stereocenters. The number of benzene rings is 1. The number of sulfonamides is 1. The van der Waals surface area contributed by atoms with Crippen molar-refractivity contribution < 1.29 is 41.9 Å². The summed E-state index contributed by atoms with van der Waals surface area (Å²) >= 11 is 0. The van der Waals surface area contributed by atoms with E-state index in [0.717, 1.165) is 6.42 Å². The van der Waals surface area contributed by atoms with Gasteiger partial charge >= 0.3 is 18.0 Å². The molecule has 1 aliphatic rings. The van der Waals surface area contributed by atoms with E-state index in [4.69, 9.17) is 14.2 Å². The molecule has 1 N–H and O–H groups in total. The van der Waals surface area contributed by atoms with Crippen LogP contribution in [0.5, 0.6) is 0 Å². The number of non-ortho nitro benzene ring substituents is 1. The molecular formula is C27H39N3O10S. The number of nitro benzene ring substituents is 1. The summed E-state index contributed by atoms with van der Waals surface area (Å²) in [6.07, 6.45) is 2.61. The Kier molecular flexibility index (Phi) is 11.0. The molecule has 1 fully saturated rings. The van der Waals surface area contributed by atoms with Gasteiger partial charge in [-0.15, -0.1) is 0 Å². The number of ether oxygens (including phenoxy) is 3. The average Bonchev–Trinajstić information content (AvgIpc) is 2.80. The lowest BCUT2D eigenvalue weighted by atomic mass is 9.67. The molecule has 1 aliphatic carbocycles. The Bertz CT molecular complexity index is 1240. The molecule has 0 bridgehead atoms. The van der Waals surface area contributed by atoms with Crippen LogP contribution in [0.2, 0.25) is 0 Å². The van der Waals surface area contributed by atoms with Crippen molar-refractivity contribution >= 4 is 40.0 Å². The fourth-order valence-corrected chi connectivity index (χ4v) is 4.78. The van der Waals surface area contributed by atoms with Crippen LogP contribution in [0.1, 0.15) is 84.0 Å². The number of nitrogens with zero attached hydrogens (tertiary/aromatic N) is 2. The molecular weight excluding hydrogens is 558 g/mol. The van der Waals surface area contributed by atoms with Crippen molar-refractivity contribution in [3.05, 3.63) is 39.9 Å². The molecule has 0 spiro atoms. The standard InChI is InChI=1S/C27H39N3O10S/c1-25(2,3)39-23(32)21(29-24(33)40-26(4,5)6)12-17-41(36,37)28-16-15-27(13-7-14-27)18-38-22(31)19-8-10-20(11-9-19)30(34)35/h8-11,16,21H,7,12-15,17-18H2,1-6H3,(H,29,33)/b28-16+. The Morgan fingerprint density at radius 3 is 2.15 bits per heavy atom. The Labute approximate surface area is 240 Å². The largest absolute Gasteiger partial charge is 0.461 e. The maximum atomic E-state index is 12.6. The van der Waals surface area contributed by atoms with E-state index < -0.39 is 61.4 Å². The van der Waals surface area contributed by atoms with E-state index in [1.54, 1.807) is 41.5 Å². The molecule has 0 aromatic heterocycles. The first-order valence-electron chi connectivity index (χ1n) is 13.2. The average molecular weight is 598 g/mol. The van der Waals surface area contributed by atoms with E-state index in [0.29, 0.717) is 12.8 Å². The van der Waals surface area contributed by atoms with Crippen LogP contribution in [0, 0.1) is 15.5 Å². The van der Waals surface area contributed by atoms with Crippen LogP contribution < -0.4 is 5.32 Å². The van der Waals surface area contributed by atoms with Crippen LogP contribution in [-0.2, 0) is 29.0 Å². The first-order valence-corrected chi connectivity index (χ1v) is 14.8. The maximum absolute atomic E-state index is 12.6. The number of rotatable bonds is 12. The van der Waals surface area contributed by atoms with Gasteiger partial charge in [-0.25, -0.2) is 22.8 Å². The van der Waals surface area contributed by atoms with Crippen molar-refractivity contribution in [2.75, 3.05) is 12.4 Å². The predicted octanol–water partition coefficient (Wildman–Crippen LogP) is 4.34. The molecule has 0 saturated heterocycles. The second-order valence-electron chi connectivity index (χ2n) is 12.0. The first-order chi connectivity index (χ1) is 18.8. The second-order valence-corrected chi connectivity index (χ2v) is 13.8. The highest BCUT2D eigenvalue weighted by Crippen LogP contribution is 2.43. The third-order valence-electron chi connectivity index (χ3n) is 6.04. The van der Waals surface area contributed by atoms with E-state index in [9.17, 15) is 32.9 Å². The van der Waals surface area contributed by atoms with Crippen LogP contribution in [0.3, 0.4) is 0 Å². The minimum absolute atomic E-state index is 0.0371. The molecule has 41 heavy (non-hydrogen) atoms. The quantitative estimate of drug-likeness (QED) is 0.120. The molecule has 1 unspecified atom stereocenters. The van der Waals surface area contributed by atoms with Gasteiger partial charge in [0.25, 0.3) is 15.7 Å². The van der Waals surface area contributed by atoms with Gasteiger partial charge < -0.3 is 19.5 Å². The van der Waals surface area contributed by atoms with Crippen molar-refractivity contribution in [3.63, 3.8) is 0 Å². The topological polar surface area (TPSA) is 181 Å². The number of carbonyl (C=O) groups excluding carboxylic acids is 3. The first kappa shape index (κ1) is 33.7.